The molecule has 0 unspecified atom stereocenters. The number of anilines is 1. The normalized spacial score (nSPS) is 10.9. The van der Waals surface area contributed by atoms with Crippen molar-refractivity contribution in [3.63, 3.8) is 0 Å². The van der Waals surface area contributed by atoms with Gasteiger partial charge in [0.05, 0.1) is 22.4 Å². The zero-order chi connectivity index (χ0) is 12.4. The minimum absolute atomic E-state index is 0.578. The number of hydrogen-bond donors (Lipinski definition) is 1. The third kappa shape index (κ3) is 2.41. The summed E-state index contributed by atoms with van der Waals surface area (Å²) >= 11 is 3.09. The SMILES string of the molecule is Nc1ncc(SCc2cc(-c3ccco3)on2)s1. The number of rotatable bonds is 4. The second-order valence-electron chi connectivity index (χ2n) is 3.47. The number of thiazole rings is 1. The highest BCUT2D eigenvalue weighted by molar-refractivity contribution is 8.00. The van der Waals surface area contributed by atoms with Crippen LogP contribution in [0.25, 0.3) is 11.5 Å². The third-order valence-corrected chi connectivity index (χ3v) is 4.24. The van der Waals surface area contributed by atoms with Crippen LogP contribution in [0.15, 0.2) is 43.8 Å². The van der Waals surface area contributed by atoms with Crippen LogP contribution in [0.3, 0.4) is 0 Å². The Morgan fingerprint density at radius 2 is 2.33 bits per heavy atom. The molecule has 0 aliphatic rings. The van der Waals surface area contributed by atoms with Gasteiger partial charge in [0.1, 0.15) is 0 Å². The number of nitrogens with two attached hydrogens (primary N) is 1. The van der Waals surface area contributed by atoms with E-state index in [9.17, 15) is 0 Å². The Morgan fingerprint density at radius 1 is 1.39 bits per heavy atom. The van der Waals surface area contributed by atoms with Gasteiger partial charge in [0.15, 0.2) is 10.9 Å². The Hall–Kier alpha value is -1.73. The molecule has 0 aromatic carbocycles. The van der Waals surface area contributed by atoms with Gasteiger partial charge in [0.25, 0.3) is 0 Å². The average molecular weight is 279 g/mol. The van der Waals surface area contributed by atoms with E-state index in [2.05, 4.69) is 10.1 Å². The van der Waals surface area contributed by atoms with Crippen LogP contribution in [-0.4, -0.2) is 10.1 Å². The molecule has 5 nitrogen and oxygen atoms in total. The fraction of sp³-hybridized carbons (Fsp3) is 0.0909. The first-order valence-electron chi connectivity index (χ1n) is 5.15. The molecule has 0 radical (unpaired) electrons. The van der Waals surface area contributed by atoms with Crippen LogP contribution in [0.2, 0.25) is 0 Å². The van der Waals surface area contributed by atoms with E-state index in [1.807, 2.05) is 18.2 Å². The third-order valence-electron chi connectivity index (χ3n) is 2.19. The van der Waals surface area contributed by atoms with Crippen LogP contribution >= 0.6 is 23.1 Å². The zero-order valence-electron chi connectivity index (χ0n) is 9.20. The predicted octanol–water partition coefficient (Wildman–Crippen LogP) is 3.27. The molecule has 18 heavy (non-hydrogen) atoms. The lowest BCUT2D eigenvalue weighted by atomic mass is 10.3. The summed E-state index contributed by atoms with van der Waals surface area (Å²) in [6.07, 6.45) is 3.37. The quantitative estimate of drug-likeness (QED) is 0.738. The second-order valence-corrected chi connectivity index (χ2v) is 5.80. The van der Waals surface area contributed by atoms with Crippen molar-refractivity contribution in [1.29, 1.82) is 0 Å². The van der Waals surface area contributed by atoms with E-state index in [0.717, 1.165) is 9.90 Å². The number of aromatic nitrogens is 2. The maximum Gasteiger partial charge on any atom is 0.202 e. The predicted molar refractivity (Wildman–Crippen MR) is 70.3 cm³/mol. The molecular formula is C11H9N3O2S2. The molecule has 3 heterocycles. The molecular weight excluding hydrogens is 270 g/mol. The van der Waals surface area contributed by atoms with Gasteiger partial charge >= 0.3 is 0 Å². The highest BCUT2D eigenvalue weighted by Gasteiger charge is 2.09. The number of nitrogens with zero attached hydrogens (tertiary/aromatic N) is 2. The van der Waals surface area contributed by atoms with Crippen LogP contribution in [0, 0.1) is 0 Å². The molecule has 0 fully saturated rings. The van der Waals surface area contributed by atoms with Crippen LogP contribution < -0.4 is 5.73 Å². The molecule has 0 spiro atoms. The van der Waals surface area contributed by atoms with Crippen LogP contribution in [0.5, 0.6) is 0 Å². The van der Waals surface area contributed by atoms with Gasteiger partial charge in [-0.3, -0.25) is 0 Å². The van der Waals surface area contributed by atoms with E-state index in [1.54, 1.807) is 24.2 Å². The summed E-state index contributed by atoms with van der Waals surface area (Å²) in [5.74, 6) is 2.03. The molecule has 0 aliphatic carbocycles. The molecule has 0 amide bonds. The highest BCUT2D eigenvalue weighted by atomic mass is 32.2. The maximum absolute atomic E-state index is 5.56. The summed E-state index contributed by atoms with van der Waals surface area (Å²) in [4.78, 5) is 3.99. The van der Waals surface area contributed by atoms with Crippen molar-refractivity contribution in [2.75, 3.05) is 5.73 Å². The summed E-state index contributed by atoms with van der Waals surface area (Å²) in [5.41, 5.74) is 6.42. The first-order chi connectivity index (χ1) is 8.81. The van der Waals surface area contributed by atoms with Crippen molar-refractivity contribution in [1.82, 2.24) is 10.1 Å². The van der Waals surface area contributed by atoms with Gasteiger partial charge < -0.3 is 14.7 Å². The zero-order valence-corrected chi connectivity index (χ0v) is 10.8. The van der Waals surface area contributed by atoms with Crippen LogP contribution in [-0.2, 0) is 5.75 Å². The van der Waals surface area contributed by atoms with Gasteiger partial charge in [-0.1, -0.05) is 16.5 Å². The second kappa shape index (κ2) is 4.87. The smallest absolute Gasteiger partial charge is 0.202 e. The fourth-order valence-corrected chi connectivity index (χ4v) is 3.04. The topological polar surface area (TPSA) is 78.1 Å². The molecule has 0 aliphatic heterocycles. The first kappa shape index (κ1) is 11.4. The largest absolute Gasteiger partial charge is 0.461 e. The van der Waals surface area contributed by atoms with Crippen molar-refractivity contribution < 1.29 is 8.94 Å². The standard InChI is InChI=1S/C11H9N3O2S2/c12-11-13-5-10(18-11)17-6-7-4-9(16-14-7)8-2-1-3-15-8/h1-5H,6H2,(H2,12,13). The lowest BCUT2D eigenvalue weighted by molar-refractivity contribution is 0.413. The monoisotopic (exact) mass is 279 g/mol. The lowest BCUT2D eigenvalue weighted by Crippen LogP contribution is -1.77. The molecule has 3 aromatic rings. The molecule has 0 saturated heterocycles. The Balaban J connectivity index is 1.67. The van der Waals surface area contributed by atoms with Crippen molar-refractivity contribution >= 4 is 28.2 Å². The van der Waals surface area contributed by atoms with E-state index in [0.29, 0.717) is 22.4 Å². The summed E-state index contributed by atoms with van der Waals surface area (Å²) in [7, 11) is 0. The Morgan fingerprint density at radius 3 is 3.06 bits per heavy atom. The molecule has 3 rings (SSSR count). The summed E-state index contributed by atoms with van der Waals surface area (Å²) in [5, 5.41) is 4.57. The van der Waals surface area contributed by atoms with E-state index in [-0.39, 0.29) is 0 Å². The maximum atomic E-state index is 5.56. The molecule has 0 saturated carbocycles. The van der Waals surface area contributed by atoms with Crippen molar-refractivity contribution in [3.8, 4) is 11.5 Å². The van der Waals surface area contributed by atoms with Gasteiger partial charge in [-0.15, -0.1) is 11.8 Å². The Labute approximate surface area is 111 Å². The Bertz CT molecular complexity index is 630. The van der Waals surface area contributed by atoms with Crippen LogP contribution in [0.1, 0.15) is 5.69 Å². The van der Waals surface area contributed by atoms with Crippen molar-refractivity contribution in [2.24, 2.45) is 0 Å². The average Bonchev–Trinajstić information content (AvgIpc) is 3.07. The summed E-state index contributed by atoms with van der Waals surface area (Å²) < 4.78 is 11.5. The van der Waals surface area contributed by atoms with Gasteiger partial charge in [-0.2, -0.15) is 0 Å². The summed E-state index contributed by atoms with van der Waals surface area (Å²) in [6, 6.07) is 5.52. The van der Waals surface area contributed by atoms with E-state index in [4.69, 9.17) is 14.7 Å². The fourth-order valence-electron chi connectivity index (χ4n) is 1.40. The number of thioether (sulfide) groups is 1. The first-order valence-corrected chi connectivity index (χ1v) is 6.95. The Kier molecular flexibility index (Phi) is 3.07. The van der Waals surface area contributed by atoms with Gasteiger partial charge in [0.2, 0.25) is 5.76 Å². The van der Waals surface area contributed by atoms with Crippen LogP contribution in [0.4, 0.5) is 5.13 Å². The molecule has 0 atom stereocenters. The number of hydrogen-bond acceptors (Lipinski definition) is 7. The molecule has 3 aromatic heterocycles. The molecule has 7 heteroatoms. The minimum atomic E-state index is 0.578. The molecule has 2 N–H and O–H groups in total. The number of nitrogen functional groups attached to an aromatic ring is 1. The van der Waals surface area contributed by atoms with Gasteiger partial charge in [0, 0.05) is 11.8 Å². The molecule has 0 bridgehead atoms. The van der Waals surface area contributed by atoms with E-state index < -0.39 is 0 Å². The van der Waals surface area contributed by atoms with E-state index >= 15 is 0 Å². The highest BCUT2D eigenvalue weighted by Crippen LogP contribution is 2.30. The van der Waals surface area contributed by atoms with E-state index in [1.165, 1.54) is 11.3 Å². The molecule has 92 valence electrons. The number of furan rings is 1. The minimum Gasteiger partial charge on any atom is -0.461 e. The van der Waals surface area contributed by atoms with Gasteiger partial charge in [-0.05, 0) is 12.1 Å². The lowest BCUT2D eigenvalue weighted by Gasteiger charge is -1.90. The summed E-state index contributed by atoms with van der Waals surface area (Å²) in [6.45, 7) is 0. The van der Waals surface area contributed by atoms with Crippen molar-refractivity contribution in [3.05, 3.63) is 36.4 Å². The van der Waals surface area contributed by atoms with Crippen molar-refractivity contribution in [2.45, 2.75) is 9.96 Å². The van der Waals surface area contributed by atoms with Gasteiger partial charge in [-0.25, -0.2) is 4.98 Å².